The maximum atomic E-state index is 13.8. The third-order valence-corrected chi connectivity index (χ3v) is 7.50. The number of hydrogen-bond acceptors (Lipinski definition) is 6. The molecule has 0 aliphatic carbocycles. The van der Waals surface area contributed by atoms with E-state index in [1.807, 2.05) is 73.6 Å². The number of phenolic OH excluding ortho intramolecular Hbond substituents is 1. The zero-order chi connectivity index (χ0) is 26.3. The SMILES string of the molecule is CN(C)c1ccc(C2NC(Cc3ccc(O)cc3)(C(=O)O)C3C(=O)N(Cc4ccccc4)C(=O)C23)cc1. The smallest absolute Gasteiger partial charge is 0.325 e. The first kappa shape index (κ1) is 24.5. The van der Waals surface area contributed by atoms with E-state index >= 15 is 0 Å². The Morgan fingerprint density at radius 2 is 1.57 bits per heavy atom. The number of nitrogens with zero attached hydrogens (tertiary/aromatic N) is 2. The first-order chi connectivity index (χ1) is 17.7. The second-order valence-corrected chi connectivity index (χ2v) is 9.98. The van der Waals surface area contributed by atoms with Crippen LogP contribution in [0.3, 0.4) is 0 Å². The molecule has 2 fully saturated rings. The molecule has 2 aliphatic heterocycles. The lowest BCUT2D eigenvalue weighted by Crippen LogP contribution is -2.57. The van der Waals surface area contributed by atoms with E-state index in [9.17, 15) is 24.6 Å². The molecule has 0 radical (unpaired) electrons. The van der Waals surface area contributed by atoms with Gasteiger partial charge in [-0.3, -0.25) is 24.6 Å². The standard InChI is InChI=1S/C29H29N3O5/c1-31(2)21-12-10-20(11-13-21)25-23-24(27(35)32(26(23)34)17-19-6-4-3-5-7-19)29(30-25,28(36)37)16-18-8-14-22(33)15-9-18/h3-15,23-25,30,33H,16-17H2,1-2H3,(H,36,37). The van der Waals surface area contributed by atoms with Crippen LogP contribution in [0.4, 0.5) is 5.69 Å². The summed E-state index contributed by atoms with van der Waals surface area (Å²) in [7, 11) is 3.85. The monoisotopic (exact) mass is 499 g/mol. The highest BCUT2D eigenvalue weighted by atomic mass is 16.4. The van der Waals surface area contributed by atoms with Gasteiger partial charge in [0.25, 0.3) is 0 Å². The number of amides is 2. The van der Waals surface area contributed by atoms with Gasteiger partial charge < -0.3 is 15.1 Å². The Kier molecular flexibility index (Phi) is 6.21. The number of anilines is 1. The number of rotatable bonds is 7. The lowest BCUT2D eigenvalue weighted by atomic mass is 9.76. The summed E-state index contributed by atoms with van der Waals surface area (Å²) >= 11 is 0. The molecule has 2 amide bonds. The Bertz CT molecular complexity index is 1320. The molecule has 2 saturated heterocycles. The highest BCUT2D eigenvalue weighted by Crippen LogP contribution is 2.50. The van der Waals surface area contributed by atoms with Crippen LogP contribution in [0.2, 0.25) is 0 Å². The van der Waals surface area contributed by atoms with Crippen LogP contribution in [0.15, 0.2) is 78.9 Å². The van der Waals surface area contributed by atoms with Crippen LogP contribution in [0.5, 0.6) is 5.75 Å². The van der Waals surface area contributed by atoms with Crippen molar-refractivity contribution in [2.45, 2.75) is 24.5 Å². The summed E-state index contributed by atoms with van der Waals surface area (Å²) in [4.78, 5) is 43.8. The molecule has 2 heterocycles. The number of imide groups is 1. The van der Waals surface area contributed by atoms with Crippen LogP contribution in [0.25, 0.3) is 0 Å². The van der Waals surface area contributed by atoms with Gasteiger partial charge in [-0.1, -0.05) is 54.6 Å². The molecule has 2 aliphatic rings. The van der Waals surface area contributed by atoms with E-state index in [0.29, 0.717) is 5.56 Å². The molecule has 5 rings (SSSR count). The van der Waals surface area contributed by atoms with E-state index < -0.39 is 35.3 Å². The van der Waals surface area contributed by atoms with Crippen LogP contribution in [0, 0.1) is 11.8 Å². The summed E-state index contributed by atoms with van der Waals surface area (Å²) in [5.41, 5.74) is 1.44. The van der Waals surface area contributed by atoms with E-state index in [2.05, 4.69) is 5.32 Å². The lowest BCUT2D eigenvalue weighted by molar-refractivity contribution is -0.151. The molecular weight excluding hydrogens is 470 g/mol. The van der Waals surface area contributed by atoms with Gasteiger partial charge in [-0.25, -0.2) is 0 Å². The largest absolute Gasteiger partial charge is 0.508 e. The van der Waals surface area contributed by atoms with Crippen molar-refractivity contribution >= 4 is 23.5 Å². The summed E-state index contributed by atoms with van der Waals surface area (Å²) in [6, 6.07) is 22.4. The average Bonchev–Trinajstić information content (AvgIpc) is 3.36. The summed E-state index contributed by atoms with van der Waals surface area (Å²) in [6.07, 6.45) is -0.0196. The van der Waals surface area contributed by atoms with Gasteiger partial charge in [0.15, 0.2) is 0 Å². The third kappa shape index (κ3) is 4.23. The van der Waals surface area contributed by atoms with E-state index in [1.165, 1.54) is 17.0 Å². The van der Waals surface area contributed by atoms with Crippen LogP contribution in [0.1, 0.15) is 22.7 Å². The van der Waals surface area contributed by atoms with Crippen LogP contribution in [-0.4, -0.2) is 52.5 Å². The molecule has 8 heteroatoms. The van der Waals surface area contributed by atoms with E-state index in [4.69, 9.17) is 0 Å². The minimum Gasteiger partial charge on any atom is -0.508 e. The number of nitrogens with one attached hydrogen (secondary N) is 1. The second-order valence-electron chi connectivity index (χ2n) is 9.98. The van der Waals surface area contributed by atoms with Crippen molar-refractivity contribution in [3.05, 3.63) is 95.6 Å². The third-order valence-electron chi connectivity index (χ3n) is 7.50. The maximum Gasteiger partial charge on any atom is 0.325 e. The summed E-state index contributed by atoms with van der Waals surface area (Å²) in [6.45, 7) is 0.0900. The van der Waals surface area contributed by atoms with Gasteiger partial charge in [-0.2, -0.15) is 0 Å². The molecule has 4 atom stereocenters. The maximum absolute atomic E-state index is 13.8. The number of carbonyl (C=O) groups is 3. The fourth-order valence-electron chi connectivity index (χ4n) is 5.62. The van der Waals surface area contributed by atoms with Crippen LogP contribution in [-0.2, 0) is 27.3 Å². The summed E-state index contributed by atoms with van der Waals surface area (Å²) in [5.74, 6) is -3.94. The van der Waals surface area contributed by atoms with Gasteiger partial charge in [0.1, 0.15) is 11.3 Å². The molecular formula is C29H29N3O5. The van der Waals surface area contributed by atoms with Crippen molar-refractivity contribution in [3.63, 3.8) is 0 Å². The van der Waals surface area contributed by atoms with Crippen molar-refractivity contribution in [2.75, 3.05) is 19.0 Å². The van der Waals surface area contributed by atoms with Gasteiger partial charge in [-0.05, 0) is 41.0 Å². The van der Waals surface area contributed by atoms with Gasteiger partial charge in [0.05, 0.1) is 18.4 Å². The van der Waals surface area contributed by atoms with Gasteiger partial charge in [0.2, 0.25) is 11.8 Å². The fraction of sp³-hybridized carbons (Fsp3) is 0.276. The zero-order valence-corrected chi connectivity index (χ0v) is 20.7. The van der Waals surface area contributed by atoms with E-state index in [1.54, 1.807) is 12.1 Å². The number of hydrogen-bond donors (Lipinski definition) is 3. The number of carboxylic acid groups (broad SMARTS) is 1. The molecule has 3 aromatic carbocycles. The summed E-state index contributed by atoms with van der Waals surface area (Å²) < 4.78 is 0. The zero-order valence-electron chi connectivity index (χ0n) is 20.7. The number of benzene rings is 3. The predicted octanol–water partition coefficient (Wildman–Crippen LogP) is 2.97. The minimum atomic E-state index is -1.70. The van der Waals surface area contributed by atoms with Crippen LogP contribution >= 0.6 is 0 Å². The number of phenols is 1. The molecule has 3 N–H and O–H groups in total. The Balaban J connectivity index is 1.59. The van der Waals surface area contributed by atoms with Gasteiger partial charge in [0, 0.05) is 32.2 Å². The van der Waals surface area contributed by atoms with Crippen molar-refractivity contribution < 1.29 is 24.6 Å². The van der Waals surface area contributed by atoms with Crippen LogP contribution < -0.4 is 10.2 Å². The number of aliphatic carboxylic acids is 1. The predicted molar refractivity (Wildman–Crippen MR) is 138 cm³/mol. The number of fused-ring (bicyclic) bond motifs is 1. The van der Waals surface area contributed by atoms with Gasteiger partial charge >= 0.3 is 5.97 Å². The minimum absolute atomic E-state index is 0.0196. The Morgan fingerprint density at radius 1 is 0.919 bits per heavy atom. The first-order valence-corrected chi connectivity index (χ1v) is 12.2. The number of aromatic hydroxyl groups is 1. The number of carbonyl (C=O) groups excluding carboxylic acids is 2. The molecule has 0 saturated carbocycles. The van der Waals surface area contributed by atoms with Crippen molar-refractivity contribution in [1.82, 2.24) is 10.2 Å². The molecule has 190 valence electrons. The molecule has 0 bridgehead atoms. The normalized spacial score (nSPS) is 24.8. The van der Waals surface area contributed by atoms with Gasteiger partial charge in [-0.15, -0.1) is 0 Å². The average molecular weight is 500 g/mol. The second kappa shape index (κ2) is 9.37. The molecule has 0 aromatic heterocycles. The Labute approximate surface area is 215 Å². The number of likely N-dealkylation sites (tertiary alicyclic amines) is 1. The highest BCUT2D eigenvalue weighted by Gasteiger charge is 2.68. The van der Waals surface area contributed by atoms with Crippen molar-refractivity contribution in [3.8, 4) is 5.75 Å². The molecule has 8 nitrogen and oxygen atoms in total. The molecule has 4 unspecified atom stereocenters. The topological polar surface area (TPSA) is 110 Å². The van der Waals surface area contributed by atoms with E-state index in [-0.39, 0.29) is 24.6 Å². The fourth-order valence-corrected chi connectivity index (χ4v) is 5.62. The molecule has 0 spiro atoms. The Hall–Kier alpha value is -4.17. The Morgan fingerprint density at radius 3 is 2.16 bits per heavy atom. The lowest BCUT2D eigenvalue weighted by Gasteiger charge is -2.31. The van der Waals surface area contributed by atoms with E-state index in [0.717, 1.165) is 16.8 Å². The first-order valence-electron chi connectivity index (χ1n) is 12.2. The quantitative estimate of drug-likeness (QED) is 0.429. The molecule has 3 aromatic rings. The highest BCUT2D eigenvalue weighted by molar-refractivity contribution is 6.09. The van der Waals surface area contributed by atoms with Crippen molar-refractivity contribution in [1.29, 1.82) is 0 Å². The number of carboxylic acids is 1. The summed E-state index contributed by atoms with van der Waals surface area (Å²) in [5, 5.41) is 23.5. The molecule has 37 heavy (non-hydrogen) atoms. The van der Waals surface area contributed by atoms with Crippen molar-refractivity contribution in [2.24, 2.45) is 11.8 Å².